The van der Waals surface area contributed by atoms with E-state index < -0.39 is 0 Å². The number of aliphatic imine (C=N–C) groups is 1. The Labute approximate surface area is 160 Å². The molecule has 2 aromatic rings. The molecule has 0 spiro atoms. The number of rotatable bonds is 2. The number of pyridine rings is 1. The number of amidine groups is 1. The average Bonchev–Trinajstić information content (AvgIpc) is 2.90. The smallest absolute Gasteiger partial charge is 0.179 e. The van der Waals surface area contributed by atoms with Gasteiger partial charge in [-0.15, -0.1) is 0 Å². The van der Waals surface area contributed by atoms with Crippen molar-refractivity contribution in [2.24, 2.45) is 4.99 Å². The molecule has 1 aromatic heterocycles. The summed E-state index contributed by atoms with van der Waals surface area (Å²) in [6, 6.07) is 11.0. The summed E-state index contributed by atoms with van der Waals surface area (Å²) < 4.78 is 0. The van der Waals surface area contributed by atoms with Gasteiger partial charge in [-0.2, -0.15) is 0 Å². The molecule has 1 atom stereocenters. The van der Waals surface area contributed by atoms with Crippen molar-refractivity contribution in [3.63, 3.8) is 0 Å². The molecule has 3 rings (SSSR count). The van der Waals surface area contributed by atoms with Crippen LogP contribution in [-0.2, 0) is 0 Å². The van der Waals surface area contributed by atoms with E-state index in [-0.39, 0.29) is 0 Å². The van der Waals surface area contributed by atoms with Gasteiger partial charge in [0.2, 0.25) is 0 Å². The van der Waals surface area contributed by atoms with Crippen LogP contribution in [0.5, 0.6) is 0 Å². The van der Waals surface area contributed by atoms with Crippen LogP contribution in [0.4, 0.5) is 11.5 Å². The van der Waals surface area contributed by atoms with E-state index in [1.54, 1.807) is 30.1 Å². The first-order valence-electron chi connectivity index (χ1n) is 7.22. The van der Waals surface area contributed by atoms with Gasteiger partial charge in [0, 0.05) is 28.7 Å². The van der Waals surface area contributed by atoms with E-state index in [0.717, 1.165) is 17.4 Å². The molecule has 1 aliphatic rings. The zero-order valence-electron chi connectivity index (χ0n) is 12.7. The normalized spacial score (nSPS) is 18.9. The zero-order chi connectivity index (χ0) is 17.1. The van der Waals surface area contributed by atoms with E-state index in [1.165, 1.54) is 0 Å². The number of benzene rings is 1. The summed E-state index contributed by atoms with van der Waals surface area (Å²) in [6.07, 6.45) is 1.58. The largest absolute Gasteiger partial charge is 0.332 e. The van der Waals surface area contributed by atoms with Crippen molar-refractivity contribution in [3.8, 4) is 0 Å². The van der Waals surface area contributed by atoms with Crippen LogP contribution >= 0.6 is 47.2 Å². The maximum atomic E-state index is 6.02. The molecule has 0 radical (unpaired) electrons. The molecule has 0 bridgehead atoms. The second-order valence-corrected chi connectivity index (χ2v) is 7.87. The molecule has 0 aliphatic carbocycles. The lowest BCUT2D eigenvalue weighted by atomic mass is 10.3. The Morgan fingerprint density at radius 1 is 1.33 bits per heavy atom. The number of nitrogens with one attached hydrogen (secondary N) is 1. The lowest BCUT2D eigenvalue weighted by Crippen LogP contribution is -2.36. The quantitative estimate of drug-likeness (QED) is 0.705. The lowest BCUT2D eigenvalue weighted by Gasteiger charge is -2.20. The van der Waals surface area contributed by atoms with Crippen LogP contribution in [-0.4, -0.2) is 32.0 Å². The number of thioether (sulfide) groups is 1. The van der Waals surface area contributed by atoms with Gasteiger partial charge in [0.25, 0.3) is 0 Å². The topological polar surface area (TPSA) is 40.5 Å². The van der Waals surface area contributed by atoms with Gasteiger partial charge in [0.1, 0.15) is 0 Å². The molecule has 1 aromatic carbocycles. The van der Waals surface area contributed by atoms with Crippen molar-refractivity contribution >= 4 is 69.0 Å². The van der Waals surface area contributed by atoms with Crippen LogP contribution in [0, 0.1) is 0 Å². The predicted molar refractivity (Wildman–Crippen MR) is 108 cm³/mol. The van der Waals surface area contributed by atoms with Crippen molar-refractivity contribution in [1.82, 2.24) is 9.88 Å². The summed E-state index contributed by atoms with van der Waals surface area (Å²) >= 11 is 19.1. The standard InChI is InChI=1S/C16H14Cl2N4S2/c1-10-9-22(15(23)20-13-4-2-3-11(17)7-13)16(24-10)21-14-6-5-12(18)8-19-14/h2-8,10H,9H2,1H3,(H,20,23)/b21-16-. The van der Waals surface area contributed by atoms with E-state index in [9.17, 15) is 0 Å². The Morgan fingerprint density at radius 3 is 2.88 bits per heavy atom. The third kappa shape index (κ3) is 4.39. The monoisotopic (exact) mass is 396 g/mol. The maximum absolute atomic E-state index is 6.02. The van der Waals surface area contributed by atoms with Gasteiger partial charge in [-0.3, -0.25) is 4.90 Å². The van der Waals surface area contributed by atoms with Crippen LogP contribution in [0.1, 0.15) is 6.92 Å². The molecule has 1 unspecified atom stereocenters. The molecule has 1 aliphatic heterocycles. The third-order valence-electron chi connectivity index (χ3n) is 3.22. The van der Waals surface area contributed by atoms with Crippen LogP contribution < -0.4 is 5.32 Å². The summed E-state index contributed by atoms with van der Waals surface area (Å²) in [4.78, 5) is 10.8. The number of nitrogens with zero attached hydrogens (tertiary/aromatic N) is 3. The van der Waals surface area contributed by atoms with E-state index in [1.807, 2.05) is 29.2 Å². The molecule has 124 valence electrons. The zero-order valence-corrected chi connectivity index (χ0v) is 15.9. The minimum absolute atomic E-state index is 0.384. The van der Waals surface area contributed by atoms with E-state index in [2.05, 4.69) is 22.2 Å². The highest BCUT2D eigenvalue weighted by molar-refractivity contribution is 8.14. The van der Waals surface area contributed by atoms with Crippen LogP contribution in [0.25, 0.3) is 0 Å². The molecule has 2 heterocycles. The Hall–Kier alpha value is -1.34. The SMILES string of the molecule is CC1CN(C(=S)Nc2cccc(Cl)c2)/C(=N/c2ccc(Cl)cn2)S1. The van der Waals surface area contributed by atoms with Gasteiger partial charge in [-0.05, 0) is 42.5 Å². The maximum Gasteiger partial charge on any atom is 0.179 e. The molecule has 0 amide bonds. The van der Waals surface area contributed by atoms with Crippen LogP contribution in [0.15, 0.2) is 47.6 Å². The summed E-state index contributed by atoms with van der Waals surface area (Å²) in [7, 11) is 0. The molecular formula is C16H14Cl2N4S2. The Balaban J connectivity index is 1.79. The first kappa shape index (κ1) is 17.5. The summed E-state index contributed by atoms with van der Waals surface area (Å²) in [5.41, 5.74) is 0.848. The van der Waals surface area contributed by atoms with Crippen LogP contribution in [0.3, 0.4) is 0 Å². The average molecular weight is 397 g/mol. The summed E-state index contributed by atoms with van der Waals surface area (Å²) in [5, 5.41) is 6.24. The number of halogens is 2. The molecular weight excluding hydrogens is 383 g/mol. The predicted octanol–water partition coefficient (Wildman–Crippen LogP) is 5.21. The lowest BCUT2D eigenvalue weighted by molar-refractivity contribution is 0.641. The highest BCUT2D eigenvalue weighted by Crippen LogP contribution is 2.28. The summed E-state index contributed by atoms with van der Waals surface area (Å²) in [5.74, 6) is 0.603. The van der Waals surface area contributed by atoms with E-state index >= 15 is 0 Å². The molecule has 0 saturated carbocycles. The number of hydrogen-bond donors (Lipinski definition) is 1. The fourth-order valence-electron chi connectivity index (χ4n) is 2.16. The molecule has 4 nitrogen and oxygen atoms in total. The van der Waals surface area contributed by atoms with Gasteiger partial charge in [-0.25, -0.2) is 9.98 Å². The highest BCUT2D eigenvalue weighted by atomic mass is 35.5. The minimum atomic E-state index is 0.384. The third-order valence-corrected chi connectivity index (χ3v) is 5.08. The molecule has 24 heavy (non-hydrogen) atoms. The van der Waals surface area contributed by atoms with Crippen molar-refractivity contribution in [2.45, 2.75) is 12.2 Å². The fraction of sp³-hybridized carbons (Fsp3) is 0.188. The van der Waals surface area contributed by atoms with Crippen molar-refractivity contribution in [3.05, 3.63) is 52.6 Å². The fourth-order valence-corrected chi connectivity index (χ4v) is 3.82. The van der Waals surface area contributed by atoms with Gasteiger partial charge in [0.05, 0.1) is 5.02 Å². The Bertz CT molecular complexity index is 780. The van der Waals surface area contributed by atoms with Gasteiger partial charge in [-0.1, -0.05) is 48.0 Å². The Morgan fingerprint density at radius 2 is 2.17 bits per heavy atom. The second kappa shape index (κ2) is 7.70. The molecule has 1 N–H and O–H groups in total. The van der Waals surface area contributed by atoms with Crippen molar-refractivity contribution < 1.29 is 0 Å². The first-order chi connectivity index (χ1) is 11.5. The van der Waals surface area contributed by atoms with Gasteiger partial charge >= 0.3 is 0 Å². The number of anilines is 1. The number of aromatic nitrogens is 1. The number of thiocarbonyl (C=S) groups is 1. The van der Waals surface area contributed by atoms with Gasteiger partial charge in [0.15, 0.2) is 16.1 Å². The van der Waals surface area contributed by atoms with E-state index in [0.29, 0.717) is 26.2 Å². The number of hydrogen-bond acceptors (Lipinski definition) is 4. The second-order valence-electron chi connectivity index (χ2n) is 5.21. The highest BCUT2D eigenvalue weighted by Gasteiger charge is 2.29. The van der Waals surface area contributed by atoms with Crippen molar-refractivity contribution in [2.75, 3.05) is 11.9 Å². The molecule has 1 fully saturated rings. The molecule has 8 heteroatoms. The van der Waals surface area contributed by atoms with Crippen molar-refractivity contribution in [1.29, 1.82) is 0 Å². The van der Waals surface area contributed by atoms with Gasteiger partial charge < -0.3 is 5.32 Å². The Kier molecular flexibility index (Phi) is 5.61. The minimum Gasteiger partial charge on any atom is -0.332 e. The molecule has 1 saturated heterocycles. The summed E-state index contributed by atoms with van der Waals surface area (Å²) in [6.45, 7) is 2.92. The first-order valence-corrected chi connectivity index (χ1v) is 9.26. The van der Waals surface area contributed by atoms with E-state index in [4.69, 9.17) is 35.4 Å². The van der Waals surface area contributed by atoms with Crippen LogP contribution in [0.2, 0.25) is 10.0 Å².